The molecule has 3 N–H and O–H groups in total. The standard InChI is InChI=1S/C16H19N3O2/c1-10-7-11(2)19-16(14(10)15(17)20)21-13-6-4-5-12(8-13)9-18-3/h4-8,18H,9H2,1-3H3,(H2,17,20). The van der Waals surface area contributed by atoms with Crippen molar-refractivity contribution in [1.82, 2.24) is 10.3 Å². The quantitative estimate of drug-likeness (QED) is 0.883. The number of amides is 1. The van der Waals surface area contributed by atoms with Crippen LogP contribution in [0.25, 0.3) is 0 Å². The summed E-state index contributed by atoms with van der Waals surface area (Å²) in [6.45, 7) is 4.40. The Kier molecular flexibility index (Phi) is 4.55. The Morgan fingerprint density at radius 1 is 1.33 bits per heavy atom. The van der Waals surface area contributed by atoms with Gasteiger partial charge in [0.2, 0.25) is 5.88 Å². The predicted molar refractivity (Wildman–Crippen MR) is 81.5 cm³/mol. The number of primary amides is 1. The fourth-order valence-electron chi connectivity index (χ4n) is 2.21. The number of nitrogens with one attached hydrogen (secondary N) is 1. The summed E-state index contributed by atoms with van der Waals surface area (Å²) in [5, 5.41) is 3.08. The number of benzene rings is 1. The lowest BCUT2D eigenvalue weighted by atomic mass is 10.1. The number of rotatable bonds is 5. The molecule has 0 aliphatic rings. The highest BCUT2D eigenvalue weighted by molar-refractivity contribution is 5.96. The number of carbonyl (C=O) groups excluding carboxylic acids is 1. The molecule has 0 bridgehead atoms. The van der Waals surface area contributed by atoms with Gasteiger partial charge >= 0.3 is 0 Å². The first-order valence-electron chi connectivity index (χ1n) is 6.70. The molecule has 0 spiro atoms. The third-order valence-electron chi connectivity index (χ3n) is 3.05. The van der Waals surface area contributed by atoms with Crippen molar-refractivity contribution < 1.29 is 9.53 Å². The van der Waals surface area contributed by atoms with Crippen LogP contribution in [0.5, 0.6) is 11.6 Å². The van der Waals surface area contributed by atoms with Crippen LogP contribution < -0.4 is 15.8 Å². The molecule has 5 heteroatoms. The first kappa shape index (κ1) is 15.0. The number of aryl methyl sites for hydroxylation is 2. The molecule has 1 aromatic carbocycles. The molecule has 0 aliphatic heterocycles. The second-order valence-electron chi connectivity index (χ2n) is 4.90. The minimum absolute atomic E-state index is 0.251. The van der Waals surface area contributed by atoms with Crippen LogP contribution in [0.4, 0.5) is 0 Å². The van der Waals surface area contributed by atoms with Crippen molar-refractivity contribution in [3.05, 3.63) is 52.7 Å². The molecule has 0 radical (unpaired) electrons. The van der Waals surface area contributed by atoms with E-state index in [1.165, 1.54) is 0 Å². The number of hydrogen-bond donors (Lipinski definition) is 2. The number of hydrogen-bond acceptors (Lipinski definition) is 4. The van der Waals surface area contributed by atoms with Gasteiger partial charge in [-0.25, -0.2) is 4.98 Å². The smallest absolute Gasteiger partial charge is 0.254 e. The third kappa shape index (κ3) is 3.58. The lowest BCUT2D eigenvalue weighted by molar-refractivity contribution is 0.0997. The van der Waals surface area contributed by atoms with Crippen LogP contribution in [-0.2, 0) is 6.54 Å². The molecule has 110 valence electrons. The van der Waals surface area contributed by atoms with E-state index in [2.05, 4.69) is 10.3 Å². The minimum atomic E-state index is -0.540. The Morgan fingerprint density at radius 3 is 2.76 bits per heavy atom. The van der Waals surface area contributed by atoms with E-state index in [0.29, 0.717) is 11.3 Å². The highest BCUT2D eigenvalue weighted by Crippen LogP contribution is 2.26. The fourth-order valence-corrected chi connectivity index (χ4v) is 2.21. The van der Waals surface area contributed by atoms with Gasteiger partial charge in [-0.15, -0.1) is 0 Å². The monoisotopic (exact) mass is 285 g/mol. The molecule has 2 aromatic rings. The molecule has 5 nitrogen and oxygen atoms in total. The topological polar surface area (TPSA) is 77.2 Å². The van der Waals surface area contributed by atoms with Gasteiger partial charge in [-0.1, -0.05) is 12.1 Å². The van der Waals surface area contributed by atoms with Crippen molar-refractivity contribution in [3.8, 4) is 11.6 Å². The maximum Gasteiger partial charge on any atom is 0.254 e. The van der Waals surface area contributed by atoms with Gasteiger partial charge in [0.15, 0.2) is 0 Å². The van der Waals surface area contributed by atoms with Gasteiger partial charge in [-0.3, -0.25) is 4.79 Å². The van der Waals surface area contributed by atoms with Crippen molar-refractivity contribution in [1.29, 1.82) is 0 Å². The molecule has 0 unspecified atom stereocenters. The third-order valence-corrected chi connectivity index (χ3v) is 3.05. The Bertz CT molecular complexity index is 669. The zero-order chi connectivity index (χ0) is 15.4. The minimum Gasteiger partial charge on any atom is -0.438 e. The van der Waals surface area contributed by atoms with Crippen molar-refractivity contribution in [2.24, 2.45) is 5.73 Å². The summed E-state index contributed by atoms with van der Waals surface area (Å²) in [5.74, 6) is 0.339. The predicted octanol–water partition coefficient (Wildman–Crippen LogP) is 2.31. The highest BCUT2D eigenvalue weighted by atomic mass is 16.5. The van der Waals surface area contributed by atoms with E-state index in [1.807, 2.05) is 51.2 Å². The second-order valence-corrected chi connectivity index (χ2v) is 4.90. The van der Waals surface area contributed by atoms with Gasteiger partial charge in [0.05, 0.1) is 0 Å². The molecular weight excluding hydrogens is 266 g/mol. The normalized spacial score (nSPS) is 10.4. The van der Waals surface area contributed by atoms with Crippen LogP contribution in [0.1, 0.15) is 27.2 Å². The van der Waals surface area contributed by atoms with Crippen LogP contribution in [-0.4, -0.2) is 17.9 Å². The molecule has 21 heavy (non-hydrogen) atoms. The number of ether oxygens (including phenoxy) is 1. The Morgan fingerprint density at radius 2 is 2.10 bits per heavy atom. The maximum atomic E-state index is 11.6. The summed E-state index contributed by atoms with van der Waals surface area (Å²) in [4.78, 5) is 15.9. The van der Waals surface area contributed by atoms with Crippen molar-refractivity contribution in [2.45, 2.75) is 20.4 Å². The van der Waals surface area contributed by atoms with Gasteiger partial charge in [-0.05, 0) is 50.2 Å². The molecule has 1 heterocycles. The first-order valence-corrected chi connectivity index (χ1v) is 6.70. The van der Waals surface area contributed by atoms with E-state index in [1.54, 1.807) is 0 Å². The summed E-state index contributed by atoms with van der Waals surface area (Å²) < 4.78 is 5.78. The van der Waals surface area contributed by atoms with Crippen LogP contribution in [0.2, 0.25) is 0 Å². The van der Waals surface area contributed by atoms with Crippen molar-refractivity contribution in [3.63, 3.8) is 0 Å². The summed E-state index contributed by atoms with van der Waals surface area (Å²) >= 11 is 0. The van der Waals surface area contributed by atoms with Crippen LogP contribution in [0, 0.1) is 13.8 Å². The lowest BCUT2D eigenvalue weighted by Crippen LogP contribution is -2.15. The van der Waals surface area contributed by atoms with Crippen molar-refractivity contribution in [2.75, 3.05) is 7.05 Å². The molecule has 0 saturated carbocycles. The number of carbonyl (C=O) groups is 1. The summed E-state index contributed by atoms with van der Waals surface area (Å²) in [5.41, 5.74) is 8.37. The molecule has 2 rings (SSSR count). The average Bonchev–Trinajstić information content (AvgIpc) is 2.38. The van der Waals surface area contributed by atoms with Gasteiger partial charge in [0.1, 0.15) is 11.3 Å². The fraction of sp³-hybridized carbons (Fsp3) is 0.250. The molecule has 1 amide bonds. The summed E-state index contributed by atoms with van der Waals surface area (Å²) in [6.07, 6.45) is 0. The SMILES string of the molecule is CNCc1cccc(Oc2nc(C)cc(C)c2C(N)=O)c1. The molecule has 0 aliphatic carbocycles. The Labute approximate surface area is 124 Å². The largest absolute Gasteiger partial charge is 0.438 e. The second kappa shape index (κ2) is 6.37. The van der Waals surface area contributed by atoms with E-state index in [0.717, 1.165) is 23.4 Å². The highest BCUT2D eigenvalue weighted by Gasteiger charge is 2.16. The van der Waals surface area contributed by atoms with Crippen LogP contribution in [0.15, 0.2) is 30.3 Å². The lowest BCUT2D eigenvalue weighted by Gasteiger charge is -2.12. The zero-order valence-electron chi connectivity index (χ0n) is 12.4. The van der Waals surface area contributed by atoms with E-state index in [-0.39, 0.29) is 5.88 Å². The molecule has 1 aromatic heterocycles. The van der Waals surface area contributed by atoms with E-state index >= 15 is 0 Å². The number of pyridine rings is 1. The molecular formula is C16H19N3O2. The van der Waals surface area contributed by atoms with E-state index in [9.17, 15) is 4.79 Å². The number of nitrogens with zero attached hydrogens (tertiary/aromatic N) is 1. The number of nitrogens with two attached hydrogens (primary N) is 1. The van der Waals surface area contributed by atoms with Crippen LogP contribution >= 0.6 is 0 Å². The molecule has 0 saturated heterocycles. The van der Waals surface area contributed by atoms with E-state index < -0.39 is 5.91 Å². The summed E-state index contributed by atoms with van der Waals surface area (Å²) in [7, 11) is 1.88. The Hall–Kier alpha value is -2.40. The van der Waals surface area contributed by atoms with Gasteiger partial charge in [-0.2, -0.15) is 0 Å². The van der Waals surface area contributed by atoms with Gasteiger partial charge in [0, 0.05) is 12.2 Å². The average molecular weight is 285 g/mol. The molecule has 0 fully saturated rings. The number of aromatic nitrogens is 1. The first-order chi connectivity index (χ1) is 10.0. The van der Waals surface area contributed by atoms with Crippen LogP contribution in [0.3, 0.4) is 0 Å². The van der Waals surface area contributed by atoms with E-state index in [4.69, 9.17) is 10.5 Å². The van der Waals surface area contributed by atoms with Gasteiger partial charge in [0.25, 0.3) is 5.91 Å². The van der Waals surface area contributed by atoms with Crippen molar-refractivity contribution >= 4 is 5.91 Å². The summed E-state index contributed by atoms with van der Waals surface area (Å²) in [6, 6.07) is 9.43. The maximum absolute atomic E-state index is 11.6. The molecule has 0 atom stereocenters. The zero-order valence-corrected chi connectivity index (χ0v) is 12.4. The van der Waals surface area contributed by atoms with Gasteiger partial charge < -0.3 is 15.8 Å². The Balaban J connectivity index is 2.39.